The van der Waals surface area contributed by atoms with Crippen LogP contribution in [0.15, 0.2) is 10.3 Å². The summed E-state index contributed by atoms with van der Waals surface area (Å²) in [5, 5.41) is 9.11. The predicted molar refractivity (Wildman–Crippen MR) is 72.5 cm³/mol. The Morgan fingerprint density at radius 2 is 1.95 bits per heavy atom. The number of hydrogen-bond donors (Lipinski definition) is 1. The van der Waals surface area contributed by atoms with Crippen molar-refractivity contribution < 1.29 is 26.7 Å². The van der Waals surface area contributed by atoms with E-state index in [0.29, 0.717) is 10.4 Å². The van der Waals surface area contributed by atoms with Gasteiger partial charge < -0.3 is 5.11 Å². The Labute approximate surface area is 125 Å². The summed E-state index contributed by atoms with van der Waals surface area (Å²) >= 11 is 0.965. The molecular formula is C12H16F3NO3S2. The first-order valence-electron chi connectivity index (χ1n) is 6.43. The Hall–Kier alpha value is -0.640. The number of aliphatic hydroxyl groups excluding tert-OH is 1. The highest BCUT2D eigenvalue weighted by molar-refractivity contribution is 7.91. The first-order valence-corrected chi connectivity index (χ1v) is 8.69. The maximum atomic E-state index is 12.6. The topological polar surface area (TPSA) is 57.6 Å². The molecule has 9 heteroatoms. The van der Waals surface area contributed by atoms with E-state index in [-0.39, 0.29) is 36.7 Å². The van der Waals surface area contributed by atoms with Crippen LogP contribution in [-0.2, 0) is 16.6 Å². The third kappa shape index (κ3) is 3.41. The molecule has 2 rings (SSSR count). The van der Waals surface area contributed by atoms with Gasteiger partial charge in [0.05, 0.1) is 12.5 Å². The molecule has 120 valence electrons. The molecule has 1 saturated heterocycles. The zero-order chi connectivity index (χ0) is 15.8. The van der Waals surface area contributed by atoms with Crippen LogP contribution in [0.2, 0.25) is 0 Å². The molecule has 1 aliphatic rings. The van der Waals surface area contributed by atoms with E-state index in [1.165, 1.54) is 6.07 Å². The summed E-state index contributed by atoms with van der Waals surface area (Å²) in [7, 11) is -3.77. The number of halogens is 3. The second kappa shape index (κ2) is 5.86. The largest absolute Gasteiger partial charge is 0.391 e. The number of alkyl halides is 3. The van der Waals surface area contributed by atoms with E-state index in [9.17, 15) is 21.6 Å². The SMILES string of the molecule is Cc1cc(S(=O)(=O)N2CCC(C(F)(F)F)CC2)sc1CO. The summed E-state index contributed by atoms with van der Waals surface area (Å²) in [6, 6.07) is 1.46. The third-order valence-electron chi connectivity index (χ3n) is 3.65. The van der Waals surface area contributed by atoms with E-state index in [1.807, 2.05) is 0 Å². The number of nitrogens with zero attached hydrogens (tertiary/aromatic N) is 1. The summed E-state index contributed by atoms with van der Waals surface area (Å²) in [6.45, 7) is 1.19. The van der Waals surface area contributed by atoms with Crippen molar-refractivity contribution in [2.24, 2.45) is 5.92 Å². The monoisotopic (exact) mass is 343 g/mol. The average molecular weight is 343 g/mol. The molecule has 0 radical (unpaired) electrons. The van der Waals surface area contributed by atoms with Crippen LogP contribution >= 0.6 is 11.3 Å². The fourth-order valence-electron chi connectivity index (χ4n) is 2.32. The fourth-order valence-corrected chi connectivity index (χ4v) is 5.40. The number of aliphatic hydroxyl groups is 1. The Morgan fingerprint density at radius 1 is 1.38 bits per heavy atom. The molecule has 1 aliphatic heterocycles. The van der Waals surface area contributed by atoms with Crippen molar-refractivity contribution in [2.75, 3.05) is 13.1 Å². The number of sulfonamides is 1. The molecule has 1 aromatic heterocycles. The highest BCUT2D eigenvalue weighted by Gasteiger charge is 2.43. The minimum absolute atomic E-state index is 0.0782. The average Bonchev–Trinajstić information content (AvgIpc) is 2.80. The minimum atomic E-state index is -4.26. The predicted octanol–water partition coefficient (Wildman–Crippen LogP) is 2.51. The van der Waals surface area contributed by atoms with Gasteiger partial charge in [-0.15, -0.1) is 11.3 Å². The molecule has 1 N–H and O–H groups in total. The van der Waals surface area contributed by atoms with Gasteiger partial charge in [-0.2, -0.15) is 17.5 Å². The molecule has 1 aromatic rings. The quantitative estimate of drug-likeness (QED) is 0.917. The summed E-state index contributed by atoms with van der Waals surface area (Å²) in [5.74, 6) is -1.43. The minimum Gasteiger partial charge on any atom is -0.391 e. The van der Waals surface area contributed by atoms with E-state index in [1.54, 1.807) is 6.92 Å². The molecule has 0 bridgehead atoms. The van der Waals surface area contributed by atoms with E-state index >= 15 is 0 Å². The molecule has 21 heavy (non-hydrogen) atoms. The highest BCUT2D eigenvalue weighted by Crippen LogP contribution is 2.36. The number of rotatable bonds is 3. The first-order chi connectivity index (χ1) is 9.66. The Bertz CT molecular complexity index is 602. The van der Waals surface area contributed by atoms with Crippen LogP contribution in [0.25, 0.3) is 0 Å². The molecule has 0 atom stereocenters. The van der Waals surface area contributed by atoms with Gasteiger partial charge in [0.2, 0.25) is 0 Å². The fraction of sp³-hybridized carbons (Fsp3) is 0.667. The molecule has 0 aliphatic carbocycles. The van der Waals surface area contributed by atoms with E-state index in [2.05, 4.69) is 0 Å². The Kier molecular flexibility index (Phi) is 4.67. The van der Waals surface area contributed by atoms with E-state index in [0.717, 1.165) is 15.6 Å². The van der Waals surface area contributed by atoms with Gasteiger partial charge in [0.1, 0.15) is 4.21 Å². The number of aryl methyl sites for hydroxylation is 1. The van der Waals surface area contributed by atoms with Crippen LogP contribution in [0.5, 0.6) is 0 Å². The lowest BCUT2D eigenvalue weighted by Gasteiger charge is -2.31. The lowest BCUT2D eigenvalue weighted by Crippen LogP contribution is -2.41. The van der Waals surface area contributed by atoms with Crippen LogP contribution in [0.1, 0.15) is 23.3 Å². The number of thiophene rings is 1. The molecule has 0 saturated carbocycles. The molecule has 2 heterocycles. The molecular weight excluding hydrogens is 327 g/mol. The second-order valence-electron chi connectivity index (χ2n) is 5.05. The normalized spacial score (nSPS) is 19.1. The second-order valence-corrected chi connectivity index (χ2v) is 8.35. The number of piperidine rings is 1. The van der Waals surface area contributed by atoms with Crippen molar-refractivity contribution in [3.05, 3.63) is 16.5 Å². The lowest BCUT2D eigenvalue weighted by molar-refractivity contribution is -0.182. The first kappa shape index (κ1) is 16.7. The van der Waals surface area contributed by atoms with Crippen LogP contribution in [0, 0.1) is 12.8 Å². The van der Waals surface area contributed by atoms with Gasteiger partial charge in [0.25, 0.3) is 10.0 Å². The van der Waals surface area contributed by atoms with Crippen molar-refractivity contribution in [3.63, 3.8) is 0 Å². The van der Waals surface area contributed by atoms with Crippen molar-refractivity contribution >= 4 is 21.4 Å². The summed E-state index contributed by atoms with van der Waals surface area (Å²) in [5.41, 5.74) is 0.672. The molecule has 0 spiro atoms. The Balaban J connectivity index is 2.15. The molecule has 0 unspecified atom stereocenters. The zero-order valence-corrected chi connectivity index (χ0v) is 13.0. The summed E-state index contributed by atoms with van der Waals surface area (Å²) < 4.78 is 63.8. The molecule has 1 fully saturated rings. The highest BCUT2D eigenvalue weighted by atomic mass is 32.2. The zero-order valence-electron chi connectivity index (χ0n) is 11.4. The van der Waals surface area contributed by atoms with Crippen molar-refractivity contribution in [3.8, 4) is 0 Å². The van der Waals surface area contributed by atoms with Crippen molar-refractivity contribution in [1.29, 1.82) is 0 Å². The summed E-state index contributed by atoms with van der Waals surface area (Å²) in [4.78, 5) is 0.554. The van der Waals surface area contributed by atoms with Gasteiger partial charge in [-0.1, -0.05) is 0 Å². The van der Waals surface area contributed by atoms with Crippen LogP contribution < -0.4 is 0 Å². The molecule has 0 aromatic carbocycles. The standard InChI is InChI=1S/C12H16F3NO3S2/c1-8-6-11(20-10(8)7-17)21(18,19)16-4-2-9(3-5-16)12(13,14)15/h6,9,17H,2-5,7H2,1H3. The van der Waals surface area contributed by atoms with E-state index < -0.39 is 22.1 Å². The van der Waals surface area contributed by atoms with Crippen molar-refractivity contribution in [2.45, 2.75) is 36.8 Å². The smallest absolute Gasteiger partial charge is 0.391 e. The van der Waals surface area contributed by atoms with Gasteiger partial charge in [-0.3, -0.25) is 0 Å². The maximum Gasteiger partial charge on any atom is 0.391 e. The maximum absolute atomic E-state index is 12.6. The molecule has 4 nitrogen and oxygen atoms in total. The Morgan fingerprint density at radius 3 is 2.38 bits per heavy atom. The van der Waals surface area contributed by atoms with Crippen LogP contribution in [0.3, 0.4) is 0 Å². The van der Waals surface area contributed by atoms with Gasteiger partial charge >= 0.3 is 6.18 Å². The van der Waals surface area contributed by atoms with E-state index in [4.69, 9.17) is 5.11 Å². The molecule has 0 amide bonds. The summed E-state index contributed by atoms with van der Waals surface area (Å²) in [6.07, 6.45) is -4.68. The lowest BCUT2D eigenvalue weighted by atomic mass is 9.98. The van der Waals surface area contributed by atoms with Gasteiger partial charge in [-0.25, -0.2) is 8.42 Å². The van der Waals surface area contributed by atoms with Crippen molar-refractivity contribution in [1.82, 2.24) is 4.31 Å². The number of hydrogen-bond acceptors (Lipinski definition) is 4. The van der Waals surface area contributed by atoms with Gasteiger partial charge in [-0.05, 0) is 31.4 Å². The van der Waals surface area contributed by atoms with Crippen LogP contribution in [-0.4, -0.2) is 37.1 Å². The van der Waals surface area contributed by atoms with Crippen LogP contribution in [0.4, 0.5) is 13.2 Å². The van der Waals surface area contributed by atoms with Gasteiger partial charge in [0, 0.05) is 18.0 Å². The van der Waals surface area contributed by atoms with Gasteiger partial charge in [0.15, 0.2) is 0 Å². The third-order valence-corrected chi connectivity index (χ3v) is 7.22.